The topological polar surface area (TPSA) is 59.1 Å². The highest BCUT2D eigenvalue weighted by Crippen LogP contribution is 2.28. The van der Waals surface area contributed by atoms with Gasteiger partial charge in [-0.2, -0.15) is 4.98 Å². The van der Waals surface area contributed by atoms with E-state index < -0.39 is 0 Å². The lowest BCUT2D eigenvalue weighted by Gasteiger charge is -2.10. The summed E-state index contributed by atoms with van der Waals surface area (Å²) in [7, 11) is 1.58. The van der Waals surface area contributed by atoms with Gasteiger partial charge >= 0.3 is 0 Å². The van der Waals surface area contributed by atoms with E-state index >= 15 is 0 Å². The Morgan fingerprint density at radius 2 is 2.14 bits per heavy atom. The third-order valence-electron chi connectivity index (χ3n) is 2.68. The zero-order chi connectivity index (χ0) is 15.2. The summed E-state index contributed by atoms with van der Waals surface area (Å²) < 4.78 is 5.13. The molecule has 21 heavy (non-hydrogen) atoms. The normalized spacial score (nSPS) is 10.0. The van der Waals surface area contributed by atoms with Crippen LogP contribution in [0.25, 0.3) is 0 Å². The van der Waals surface area contributed by atoms with Gasteiger partial charge in [-0.25, -0.2) is 4.98 Å². The highest BCUT2D eigenvalue weighted by atomic mass is 35.5. The van der Waals surface area contributed by atoms with Gasteiger partial charge in [0.05, 0.1) is 12.1 Å². The van der Waals surface area contributed by atoms with Crippen molar-refractivity contribution in [2.24, 2.45) is 0 Å². The molecular weight excluding hydrogens is 288 g/mol. The van der Waals surface area contributed by atoms with Gasteiger partial charge in [-0.15, -0.1) is 6.58 Å². The van der Waals surface area contributed by atoms with Crippen LogP contribution in [0, 0.1) is 6.92 Å². The predicted octanol–water partition coefficient (Wildman–Crippen LogP) is 3.79. The lowest BCUT2D eigenvalue weighted by atomic mass is 10.3. The molecule has 0 atom stereocenters. The van der Waals surface area contributed by atoms with E-state index in [2.05, 4.69) is 27.2 Å². The van der Waals surface area contributed by atoms with Gasteiger partial charge in [-0.1, -0.05) is 17.7 Å². The van der Waals surface area contributed by atoms with Crippen molar-refractivity contribution in [2.75, 3.05) is 24.3 Å². The molecule has 0 unspecified atom stereocenters. The van der Waals surface area contributed by atoms with Gasteiger partial charge in [0, 0.05) is 24.0 Å². The summed E-state index contributed by atoms with van der Waals surface area (Å²) in [5.41, 5.74) is 1.69. The van der Waals surface area contributed by atoms with Crippen molar-refractivity contribution in [3.8, 4) is 5.75 Å². The molecule has 0 aliphatic carbocycles. The first-order chi connectivity index (χ1) is 10.1. The highest BCUT2D eigenvalue weighted by molar-refractivity contribution is 6.32. The minimum Gasteiger partial charge on any atom is -0.495 e. The summed E-state index contributed by atoms with van der Waals surface area (Å²) in [6.45, 7) is 6.17. The minimum absolute atomic E-state index is 0.540. The van der Waals surface area contributed by atoms with E-state index in [1.807, 2.05) is 19.1 Å². The fourth-order valence-corrected chi connectivity index (χ4v) is 2.02. The van der Waals surface area contributed by atoms with E-state index in [9.17, 15) is 0 Å². The Labute approximate surface area is 129 Å². The Morgan fingerprint density at radius 3 is 2.81 bits per heavy atom. The monoisotopic (exact) mass is 304 g/mol. The molecule has 6 heteroatoms. The third kappa shape index (κ3) is 4.10. The van der Waals surface area contributed by atoms with Crippen molar-refractivity contribution in [2.45, 2.75) is 6.92 Å². The van der Waals surface area contributed by atoms with Crippen LogP contribution >= 0.6 is 11.6 Å². The summed E-state index contributed by atoms with van der Waals surface area (Å²) in [4.78, 5) is 8.69. The molecule has 1 aromatic carbocycles. The number of ether oxygens (including phenoxy) is 1. The van der Waals surface area contributed by atoms with Gasteiger partial charge in [-0.3, -0.25) is 0 Å². The lowest BCUT2D eigenvalue weighted by molar-refractivity contribution is 0.415. The Bertz CT molecular complexity index is 646. The minimum atomic E-state index is 0.540. The number of methoxy groups -OCH3 is 1. The predicted molar refractivity (Wildman–Crippen MR) is 86.7 cm³/mol. The summed E-state index contributed by atoms with van der Waals surface area (Å²) in [6.07, 6.45) is 1.75. The van der Waals surface area contributed by atoms with Crippen molar-refractivity contribution >= 4 is 29.1 Å². The van der Waals surface area contributed by atoms with Crippen LogP contribution in [0.1, 0.15) is 5.69 Å². The second-order valence-electron chi connectivity index (χ2n) is 4.36. The molecule has 0 saturated carbocycles. The molecule has 110 valence electrons. The molecule has 0 aliphatic heterocycles. The SMILES string of the molecule is C=CCNc1nc(C)cc(Nc2ccc(OC)c(Cl)c2)n1. The molecule has 0 fully saturated rings. The zero-order valence-corrected chi connectivity index (χ0v) is 12.7. The maximum atomic E-state index is 6.11. The summed E-state index contributed by atoms with van der Waals surface area (Å²) in [5.74, 6) is 1.88. The van der Waals surface area contributed by atoms with Crippen LogP contribution in [0.2, 0.25) is 5.02 Å². The molecule has 2 N–H and O–H groups in total. The number of aryl methyl sites for hydroxylation is 1. The first-order valence-electron chi connectivity index (χ1n) is 6.43. The Kier molecular flexibility index (Phi) is 5.00. The second-order valence-corrected chi connectivity index (χ2v) is 4.77. The van der Waals surface area contributed by atoms with Crippen LogP contribution in [0.15, 0.2) is 36.9 Å². The van der Waals surface area contributed by atoms with E-state index in [0.29, 0.717) is 29.1 Å². The van der Waals surface area contributed by atoms with E-state index in [1.165, 1.54) is 0 Å². The smallest absolute Gasteiger partial charge is 0.225 e. The first kappa shape index (κ1) is 15.1. The van der Waals surface area contributed by atoms with Gasteiger partial charge in [0.25, 0.3) is 0 Å². The van der Waals surface area contributed by atoms with Crippen LogP contribution in [0.3, 0.4) is 0 Å². The number of nitrogens with one attached hydrogen (secondary N) is 2. The van der Waals surface area contributed by atoms with Crippen molar-refractivity contribution in [1.82, 2.24) is 9.97 Å². The largest absolute Gasteiger partial charge is 0.495 e. The Hall–Kier alpha value is -2.27. The molecule has 2 rings (SSSR count). The number of rotatable bonds is 6. The van der Waals surface area contributed by atoms with Crippen LogP contribution in [-0.4, -0.2) is 23.6 Å². The molecule has 0 spiro atoms. The number of aromatic nitrogens is 2. The van der Waals surface area contributed by atoms with Gasteiger partial charge in [0.1, 0.15) is 11.6 Å². The van der Waals surface area contributed by atoms with Gasteiger partial charge in [0.15, 0.2) is 0 Å². The maximum Gasteiger partial charge on any atom is 0.225 e. The van der Waals surface area contributed by atoms with E-state index in [1.54, 1.807) is 25.3 Å². The van der Waals surface area contributed by atoms with Crippen LogP contribution < -0.4 is 15.4 Å². The van der Waals surface area contributed by atoms with Crippen molar-refractivity contribution in [1.29, 1.82) is 0 Å². The Morgan fingerprint density at radius 1 is 1.33 bits per heavy atom. The number of benzene rings is 1. The standard InChI is InChI=1S/C15H17ClN4O/c1-4-7-17-15-18-10(2)8-14(20-15)19-11-5-6-13(21-3)12(16)9-11/h4-6,8-9H,1,7H2,2-3H3,(H2,17,18,19,20). The van der Waals surface area contributed by atoms with Crippen molar-refractivity contribution < 1.29 is 4.74 Å². The number of nitrogens with zero attached hydrogens (tertiary/aromatic N) is 2. The quantitative estimate of drug-likeness (QED) is 0.795. The Balaban J connectivity index is 2.20. The number of hydrogen-bond donors (Lipinski definition) is 2. The second kappa shape index (κ2) is 6.95. The molecule has 0 saturated heterocycles. The van der Waals surface area contributed by atoms with Gasteiger partial charge in [0.2, 0.25) is 5.95 Å². The number of anilines is 3. The van der Waals surface area contributed by atoms with Crippen LogP contribution in [0.4, 0.5) is 17.5 Å². The third-order valence-corrected chi connectivity index (χ3v) is 2.98. The molecule has 0 bridgehead atoms. The van der Waals surface area contributed by atoms with Crippen LogP contribution in [0.5, 0.6) is 5.75 Å². The van der Waals surface area contributed by atoms with Crippen molar-refractivity contribution in [3.63, 3.8) is 0 Å². The van der Waals surface area contributed by atoms with Crippen molar-refractivity contribution in [3.05, 3.63) is 47.6 Å². The average Bonchev–Trinajstić information content (AvgIpc) is 2.45. The molecule has 0 radical (unpaired) electrons. The van der Waals surface area contributed by atoms with Gasteiger partial charge < -0.3 is 15.4 Å². The highest BCUT2D eigenvalue weighted by Gasteiger charge is 2.05. The average molecular weight is 305 g/mol. The fourth-order valence-electron chi connectivity index (χ4n) is 1.77. The summed E-state index contributed by atoms with van der Waals surface area (Å²) in [5, 5.41) is 6.80. The zero-order valence-electron chi connectivity index (χ0n) is 12.0. The number of hydrogen-bond acceptors (Lipinski definition) is 5. The van der Waals surface area contributed by atoms with E-state index in [4.69, 9.17) is 16.3 Å². The summed E-state index contributed by atoms with van der Waals surface area (Å²) in [6, 6.07) is 7.32. The molecule has 1 aromatic heterocycles. The van der Waals surface area contributed by atoms with E-state index in [-0.39, 0.29) is 0 Å². The fraction of sp³-hybridized carbons (Fsp3) is 0.200. The van der Waals surface area contributed by atoms with Crippen LogP contribution in [-0.2, 0) is 0 Å². The first-order valence-corrected chi connectivity index (χ1v) is 6.81. The number of halogens is 1. The molecule has 1 heterocycles. The molecule has 2 aromatic rings. The lowest BCUT2D eigenvalue weighted by Crippen LogP contribution is -2.05. The molecule has 0 aliphatic rings. The summed E-state index contributed by atoms with van der Waals surface area (Å²) >= 11 is 6.11. The van der Waals surface area contributed by atoms with Gasteiger partial charge in [-0.05, 0) is 25.1 Å². The molecule has 0 amide bonds. The van der Waals surface area contributed by atoms with E-state index in [0.717, 1.165) is 11.4 Å². The molecule has 5 nitrogen and oxygen atoms in total. The molecular formula is C15H17ClN4O. The maximum absolute atomic E-state index is 6.11.